The zero-order chi connectivity index (χ0) is 15.9. The molecule has 1 aromatic carbocycles. The second-order valence-electron chi connectivity index (χ2n) is 6.64. The summed E-state index contributed by atoms with van der Waals surface area (Å²) < 4.78 is 0. The highest BCUT2D eigenvalue weighted by Gasteiger charge is 2.48. The Morgan fingerprint density at radius 3 is 2.78 bits per heavy atom. The van der Waals surface area contributed by atoms with E-state index < -0.39 is 0 Å². The van der Waals surface area contributed by atoms with E-state index in [0.717, 1.165) is 31.4 Å². The third kappa shape index (κ3) is 3.79. The predicted octanol–water partition coefficient (Wildman–Crippen LogP) is 4.10. The van der Waals surface area contributed by atoms with Crippen LogP contribution in [-0.4, -0.2) is 29.9 Å². The van der Waals surface area contributed by atoms with Gasteiger partial charge in [-0.05, 0) is 42.7 Å². The van der Waals surface area contributed by atoms with E-state index in [9.17, 15) is 4.79 Å². The quantitative estimate of drug-likeness (QED) is 0.862. The number of piperidine rings is 1. The second-order valence-corrected chi connectivity index (χ2v) is 7.43. The number of carbonyl (C=O) groups excluding carboxylic acids is 1. The van der Waals surface area contributed by atoms with E-state index in [0.29, 0.717) is 22.5 Å². The van der Waals surface area contributed by atoms with Crippen LogP contribution in [-0.2, 0) is 4.79 Å². The topological polar surface area (TPSA) is 46.3 Å². The van der Waals surface area contributed by atoms with E-state index in [1.807, 2.05) is 17.0 Å². The Morgan fingerprint density at radius 1 is 1.35 bits per heavy atom. The monoisotopic (exact) mass is 376 g/mol. The molecule has 6 heteroatoms. The number of likely N-dealkylation sites (tertiary alicyclic amines) is 1. The Labute approximate surface area is 153 Å². The van der Waals surface area contributed by atoms with Gasteiger partial charge in [-0.3, -0.25) is 4.79 Å². The zero-order valence-corrected chi connectivity index (χ0v) is 15.5. The van der Waals surface area contributed by atoms with E-state index in [2.05, 4.69) is 6.92 Å². The lowest BCUT2D eigenvalue weighted by atomic mass is 9.92. The highest BCUT2D eigenvalue weighted by Crippen LogP contribution is 2.51. The Morgan fingerprint density at radius 2 is 2.09 bits per heavy atom. The molecule has 4 atom stereocenters. The van der Waals surface area contributed by atoms with E-state index in [4.69, 9.17) is 28.9 Å². The fraction of sp³-hybridized carbons (Fsp3) is 0.588. The van der Waals surface area contributed by atoms with Gasteiger partial charge < -0.3 is 10.6 Å². The highest BCUT2D eigenvalue weighted by atomic mass is 35.5. The van der Waals surface area contributed by atoms with Gasteiger partial charge in [-0.25, -0.2) is 0 Å². The Bertz CT molecular complexity index is 581. The number of nitrogens with two attached hydrogens (primary N) is 1. The number of amides is 1. The van der Waals surface area contributed by atoms with E-state index in [-0.39, 0.29) is 36.2 Å². The molecule has 1 aliphatic carbocycles. The summed E-state index contributed by atoms with van der Waals surface area (Å²) in [5.74, 6) is 1.13. The first-order valence-corrected chi connectivity index (χ1v) is 8.73. The molecule has 1 saturated carbocycles. The molecule has 3 nitrogen and oxygen atoms in total. The first-order chi connectivity index (χ1) is 10.5. The van der Waals surface area contributed by atoms with Gasteiger partial charge in [-0.1, -0.05) is 42.3 Å². The maximum Gasteiger partial charge on any atom is 0.226 e. The van der Waals surface area contributed by atoms with E-state index in [1.165, 1.54) is 0 Å². The third-order valence-corrected chi connectivity index (χ3v) is 5.86. The summed E-state index contributed by atoms with van der Waals surface area (Å²) in [5, 5.41) is 1.15. The van der Waals surface area contributed by atoms with Gasteiger partial charge in [0.1, 0.15) is 0 Å². The molecule has 0 radical (unpaired) electrons. The maximum atomic E-state index is 12.8. The van der Waals surface area contributed by atoms with Gasteiger partial charge in [0.05, 0.1) is 10.0 Å². The van der Waals surface area contributed by atoms with Gasteiger partial charge in [-0.2, -0.15) is 0 Å². The van der Waals surface area contributed by atoms with Crippen LogP contribution in [0.25, 0.3) is 0 Å². The van der Waals surface area contributed by atoms with Crippen molar-refractivity contribution < 1.29 is 4.79 Å². The van der Waals surface area contributed by atoms with Crippen LogP contribution in [0.4, 0.5) is 0 Å². The van der Waals surface area contributed by atoms with Crippen LogP contribution in [0, 0.1) is 11.8 Å². The van der Waals surface area contributed by atoms with Crippen LogP contribution in [0.1, 0.15) is 37.7 Å². The molecule has 1 saturated heterocycles. The van der Waals surface area contributed by atoms with Crippen molar-refractivity contribution in [2.75, 3.05) is 13.1 Å². The molecule has 1 aliphatic heterocycles. The lowest BCUT2D eigenvalue weighted by Crippen LogP contribution is -2.49. The van der Waals surface area contributed by atoms with E-state index >= 15 is 0 Å². The summed E-state index contributed by atoms with van der Waals surface area (Å²) in [7, 11) is 0. The normalized spacial score (nSPS) is 29.8. The van der Waals surface area contributed by atoms with Gasteiger partial charge >= 0.3 is 0 Å². The molecule has 2 aliphatic rings. The molecule has 1 heterocycles. The summed E-state index contributed by atoms with van der Waals surface area (Å²) in [6.07, 6.45) is 2.94. The zero-order valence-electron chi connectivity index (χ0n) is 13.2. The molecular formula is C17H23Cl3N2O. The molecular weight excluding hydrogens is 355 g/mol. The minimum atomic E-state index is 0. The number of rotatable bonds is 3. The average molecular weight is 378 g/mol. The Hall–Kier alpha value is -0.480. The van der Waals surface area contributed by atoms with Crippen molar-refractivity contribution in [3.63, 3.8) is 0 Å². The van der Waals surface area contributed by atoms with Crippen molar-refractivity contribution in [1.29, 1.82) is 0 Å². The molecule has 0 spiro atoms. The van der Waals surface area contributed by atoms with Crippen molar-refractivity contribution in [2.45, 2.75) is 38.1 Å². The van der Waals surface area contributed by atoms with Crippen LogP contribution in [0.2, 0.25) is 10.0 Å². The second kappa shape index (κ2) is 7.60. The van der Waals surface area contributed by atoms with Gasteiger partial charge in [0, 0.05) is 25.0 Å². The predicted molar refractivity (Wildman–Crippen MR) is 97.5 cm³/mol. The number of hydrogen-bond donors (Lipinski definition) is 1. The van der Waals surface area contributed by atoms with E-state index in [1.54, 1.807) is 6.07 Å². The molecule has 2 N–H and O–H groups in total. The van der Waals surface area contributed by atoms with Gasteiger partial charge in [0.15, 0.2) is 0 Å². The first kappa shape index (κ1) is 18.9. The van der Waals surface area contributed by atoms with Gasteiger partial charge in [0.25, 0.3) is 0 Å². The van der Waals surface area contributed by atoms with Gasteiger partial charge in [0.2, 0.25) is 5.91 Å². The third-order valence-electron chi connectivity index (χ3n) is 5.02. The maximum absolute atomic E-state index is 12.8. The molecule has 4 unspecified atom stereocenters. The number of nitrogens with zero attached hydrogens (tertiary/aromatic N) is 1. The number of benzene rings is 1. The van der Waals surface area contributed by atoms with Crippen molar-refractivity contribution >= 4 is 41.5 Å². The molecule has 1 amide bonds. The minimum Gasteiger partial charge on any atom is -0.338 e. The van der Waals surface area contributed by atoms with Crippen molar-refractivity contribution in [3.05, 3.63) is 33.8 Å². The Balaban J connectivity index is 0.00000192. The van der Waals surface area contributed by atoms with Crippen molar-refractivity contribution in [1.82, 2.24) is 4.90 Å². The Kier molecular flexibility index (Phi) is 6.23. The SMILES string of the molecule is CC1CCN(C(=O)C2CC2c2cccc(Cl)c2Cl)C(CN)C1.Cl. The fourth-order valence-corrected chi connectivity index (χ4v) is 4.04. The number of carbonyl (C=O) groups is 1. The number of hydrogen-bond acceptors (Lipinski definition) is 2. The minimum absolute atomic E-state index is 0. The molecule has 128 valence electrons. The summed E-state index contributed by atoms with van der Waals surface area (Å²) in [6.45, 7) is 3.61. The van der Waals surface area contributed by atoms with Gasteiger partial charge in [-0.15, -0.1) is 12.4 Å². The average Bonchev–Trinajstić information content (AvgIpc) is 3.29. The number of halogens is 3. The molecule has 3 rings (SSSR count). The summed E-state index contributed by atoms with van der Waals surface area (Å²) in [6, 6.07) is 5.84. The van der Waals surface area contributed by atoms with Crippen molar-refractivity contribution in [3.8, 4) is 0 Å². The van der Waals surface area contributed by atoms with Crippen LogP contribution in [0.3, 0.4) is 0 Å². The summed E-state index contributed by atoms with van der Waals surface area (Å²) in [5.41, 5.74) is 6.87. The van der Waals surface area contributed by atoms with Crippen LogP contribution in [0.15, 0.2) is 18.2 Å². The lowest BCUT2D eigenvalue weighted by molar-refractivity contribution is -0.136. The molecule has 2 fully saturated rings. The molecule has 0 bridgehead atoms. The lowest BCUT2D eigenvalue weighted by Gasteiger charge is -2.38. The highest BCUT2D eigenvalue weighted by molar-refractivity contribution is 6.42. The molecule has 1 aromatic rings. The standard InChI is InChI=1S/C17H22Cl2N2O.ClH/c1-10-5-6-21(11(7-10)9-20)17(22)14-8-13(14)12-3-2-4-15(18)16(12)19;/h2-4,10-11,13-14H,5-9,20H2,1H3;1H. The van der Waals surface area contributed by atoms with Crippen molar-refractivity contribution in [2.24, 2.45) is 17.6 Å². The van der Waals surface area contributed by atoms with Crippen LogP contribution < -0.4 is 5.73 Å². The summed E-state index contributed by atoms with van der Waals surface area (Å²) >= 11 is 12.4. The molecule has 23 heavy (non-hydrogen) atoms. The summed E-state index contributed by atoms with van der Waals surface area (Å²) in [4.78, 5) is 14.8. The largest absolute Gasteiger partial charge is 0.338 e. The van der Waals surface area contributed by atoms with Crippen LogP contribution >= 0.6 is 35.6 Å². The first-order valence-electron chi connectivity index (χ1n) is 7.97. The fourth-order valence-electron chi connectivity index (χ4n) is 3.60. The molecule has 0 aromatic heterocycles. The smallest absolute Gasteiger partial charge is 0.226 e. The van der Waals surface area contributed by atoms with Crippen LogP contribution in [0.5, 0.6) is 0 Å².